The van der Waals surface area contributed by atoms with Crippen LogP contribution in [0, 0.1) is 5.92 Å². The second-order valence-corrected chi connectivity index (χ2v) is 5.24. The molecule has 4 nitrogen and oxygen atoms in total. The predicted molar refractivity (Wildman–Crippen MR) is 79.5 cm³/mol. The van der Waals surface area contributed by atoms with Gasteiger partial charge in [-0.15, -0.1) is 0 Å². The number of rotatable bonds is 10. The molecule has 0 unspecified atom stereocenters. The van der Waals surface area contributed by atoms with Gasteiger partial charge in [-0.05, 0) is 32.1 Å². The fraction of sp³-hybridized carbons (Fsp3) is 0.929. The van der Waals surface area contributed by atoms with Gasteiger partial charge in [0.05, 0.1) is 0 Å². The van der Waals surface area contributed by atoms with Crippen LogP contribution in [0.3, 0.4) is 0 Å². The smallest absolute Gasteiger partial charge is 0.372 e. The maximum absolute atomic E-state index is 11.9. The van der Waals surface area contributed by atoms with Crippen LogP contribution in [-0.2, 0) is 4.74 Å². The first-order valence-corrected chi connectivity index (χ1v) is 7.51. The van der Waals surface area contributed by atoms with E-state index in [2.05, 4.69) is 34.2 Å². The van der Waals surface area contributed by atoms with Crippen LogP contribution in [0.1, 0.15) is 40.0 Å². The third-order valence-corrected chi connectivity index (χ3v) is 2.58. The van der Waals surface area contributed by atoms with Gasteiger partial charge in [0.25, 0.3) is 0 Å². The molecule has 2 N–H and O–H groups in total. The first-order chi connectivity index (χ1) is 9.85. The van der Waals surface area contributed by atoms with Crippen LogP contribution in [0.5, 0.6) is 0 Å². The largest absolute Gasteiger partial charge is 0.411 e. The van der Waals surface area contributed by atoms with Crippen molar-refractivity contribution < 1.29 is 17.9 Å². The average molecular weight is 311 g/mol. The number of ether oxygens (including phenoxy) is 1. The summed E-state index contributed by atoms with van der Waals surface area (Å²) in [7, 11) is 0. The molecule has 0 aromatic rings. The van der Waals surface area contributed by atoms with Crippen molar-refractivity contribution in [2.24, 2.45) is 10.9 Å². The monoisotopic (exact) mass is 311 g/mol. The van der Waals surface area contributed by atoms with Crippen LogP contribution in [0.15, 0.2) is 4.99 Å². The minimum absolute atomic E-state index is 0.0652. The number of hydrogen-bond acceptors (Lipinski definition) is 2. The van der Waals surface area contributed by atoms with Crippen LogP contribution in [0.2, 0.25) is 0 Å². The van der Waals surface area contributed by atoms with E-state index in [0.717, 1.165) is 25.9 Å². The zero-order valence-electron chi connectivity index (χ0n) is 13.2. The Kier molecular flexibility index (Phi) is 11.1. The lowest BCUT2D eigenvalue weighted by Crippen LogP contribution is -2.38. The van der Waals surface area contributed by atoms with E-state index in [1.807, 2.05) is 6.92 Å². The molecule has 0 bridgehead atoms. The standard InChI is InChI=1S/C14H28F3N3O/c1-4-18-13(19-8-5-7-12(2)3)20-9-6-10-21-11-14(15,16)17/h12H,4-11H2,1-3H3,(H2,18,19,20). The molecule has 21 heavy (non-hydrogen) atoms. The van der Waals surface area contributed by atoms with Crippen LogP contribution in [-0.4, -0.2) is 45.0 Å². The number of halogens is 3. The Balaban J connectivity index is 3.78. The van der Waals surface area contributed by atoms with Gasteiger partial charge in [0, 0.05) is 26.2 Å². The number of guanidine groups is 1. The van der Waals surface area contributed by atoms with Gasteiger partial charge in [0.15, 0.2) is 5.96 Å². The summed E-state index contributed by atoms with van der Waals surface area (Å²) in [4.78, 5) is 4.30. The summed E-state index contributed by atoms with van der Waals surface area (Å²) in [6.45, 7) is 7.24. The summed E-state index contributed by atoms with van der Waals surface area (Å²) in [6.07, 6.45) is -1.57. The molecule has 0 amide bonds. The Hall–Kier alpha value is -0.980. The Morgan fingerprint density at radius 3 is 2.48 bits per heavy atom. The van der Waals surface area contributed by atoms with Gasteiger partial charge in [-0.25, -0.2) is 0 Å². The second-order valence-electron chi connectivity index (χ2n) is 5.24. The zero-order chi connectivity index (χ0) is 16.1. The quantitative estimate of drug-likeness (QED) is 0.370. The number of hydrogen-bond donors (Lipinski definition) is 2. The maximum atomic E-state index is 11.9. The topological polar surface area (TPSA) is 45.7 Å². The Morgan fingerprint density at radius 1 is 1.19 bits per heavy atom. The van der Waals surface area contributed by atoms with Crippen molar-refractivity contribution in [3.63, 3.8) is 0 Å². The Labute approximate surface area is 125 Å². The molecule has 0 aliphatic rings. The third-order valence-electron chi connectivity index (χ3n) is 2.58. The first-order valence-electron chi connectivity index (χ1n) is 7.51. The van der Waals surface area contributed by atoms with Gasteiger partial charge in [-0.2, -0.15) is 13.2 Å². The number of aliphatic imine (C=N–C) groups is 1. The molecule has 0 fully saturated rings. The lowest BCUT2D eigenvalue weighted by atomic mass is 10.1. The van der Waals surface area contributed by atoms with E-state index in [9.17, 15) is 13.2 Å². The highest BCUT2D eigenvalue weighted by Crippen LogP contribution is 2.14. The molecular weight excluding hydrogens is 283 g/mol. The van der Waals surface area contributed by atoms with Gasteiger partial charge >= 0.3 is 6.18 Å². The molecule has 0 saturated heterocycles. The van der Waals surface area contributed by atoms with E-state index in [0.29, 0.717) is 24.8 Å². The number of nitrogens with zero attached hydrogens (tertiary/aromatic N) is 1. The van der Waals surface area contributed by atoms with Crippen LogP contribution in [0.25, 0.3) is 0 Å². The summed E-state index contributed by atoms with van der Waals surface area (Å²) < 4.78 is 40.1. The van der Waals surface area contributed by atoms with Crippen LogP contribution in [0.4, 0.5) is 13.2 Å². The number of alkyl halides is 3. The van der Waals surface area contributed by atoms with Crippen molar-refractivity contribution in [2.75, 3.05) is 32.8 Å². The molecular formula is C14H28F3N3O. The number of nitrogens with one attached hydrogen (secondary N) is 2. The molecule has 0 radical (unpaired) electrons. The summed E-state index contributed by atoms with van der Waals surface area (Å²) in [5.41, 5.74) is 0. The lowest BCUT2D eigenvalue weighted by Gasteiger charge is -2.12. The van der Waals surface area contributed by atoms with Crippen molar-refractivity contribution >= 4 is 5.96 Å². The lowest BCUT2D eigenvalue weighted by molar-refractivity contribution is -0.173. The maximum Gasteiger partial charge on any atom is 0.411 e. The van der Waals surface area contributed by atoms with Crippen molar-refractivity contribution in [3.05, 3.63) is 0 Å². The average Bonchev–Trinajstić information content (AvgIpc) is 2.36. The van der Waals surface area contributed by atoms with Gasteiger partial charge in [0.1, 0.15) is 6.61 Å². The van der Waals surface area contributed by atoms with E-state index < -0.39 is 12.8 Å². The fourth-order valence-electron chi connectivity index (χ4n) is 1.60. The van der Waals surface area contributed by atoms with Crippen LogP contribution < -0.4 is 10.6 Å². The molecule has 7 heteroatoms. The minimum atomic E-state index is -4.25. The summed E-state index contributed by atoms with van der Waals surface area (Å²) >= 11 is 0. The molecule has 0 aliphatic heterocycles. The van der Waals surface area contributed by atoms with Gasteiger partial charge in [-0.3, -0.25) is 4.99 Å². The van der Waals surface area contributed by atoms with E-state index in [1.165, 1.54) is 0 Å². The zero-order valence-corrected chi connectivity index (χ0v) is 13.2. The van der Waals surface area contributed by atoms with Crippen LogP contribution >= 0.6 is 0 Å². The minimum Gasteiger partial charge on any atom is -0.372 e. The van der Waals surface area contributed by atoms with E-state index in [1.54, 1.807) is 0 Å². The summed E-state index contributed by atoms with van der Waals surface area (Å²) in [6, 6.07) is 0. The molecule has 126 valence electrons. The molecule has 0 rings (SSSR count). The molecule has 0 heterocycles. The van der Waals surface area contributed by atoms with Crippen molar-refractivity contribution in [1.82, 2.24) is 10.6 Å². The van der Waals surface area contributed by atoms with Crippen molar-refractivity contribution in [2.45, 2.75) is 46.2 Å². The second kappa shape index (κ2) is 11.7. The first kappa shape index (κ1) is 20.0. The summed E-state index contributed by atoms with van der Waals surface area (Å²) in [5.74, 6) is 1.38. The summed E-state index contributed by atoms with van der Waals surface area (Å²) in [5, 5.41) is 6.31. The molecule has 0 aromatic carbocycles. The Morgan fingerprint density at radius 2 is 1.90 bits per heavy atom. The van der Waals surface area contributed by atoms with Gasteiger partial charge < -0.3 is 15.4 Å². The highest BCUT2D eigenvalue weighted by Gasteiger charge is 2.27. The molecule has 0 spiro atoms. The van der Waals surface area contributed by atoms with Crippen molar-refractivity contribution in [3.8, 4) is 0 Å². The SMILES string of the molecule is CCNC(=NCCCOCC(F)(F)F)NCCCC(C)C. The molecule has 0 aromatic heterocycles. The van der Waals surface area contributed by atoms with Gasteiger partial charge in [0.2, 0.25) is 0 Å². The highest BCUT2D eigenvalue weighted by molar-refractivity contribution is 5.79. The fourth-order valence-corrected chi connectivity index (χ4v) is 1.60. The van der Waals surface area contributed by atoms with E-state index in [4.69, 9.17) is 0 Å². The van der Waals surface area contributed by atoms with E-state index in [-0.39, 0.29) is 6.61 Å². The Bertz CT molecular complexity index is 281. The van der Waals surface area contributed by atoms with E-state index >= 15 is 0 Å². The normalized spacial score (nSPS) is 12.8. The van der Waals surface area contributed by atoms with Gasteiger partial charge in [-0.1, -0.05) is 13.8 Å². The highest BCUT2D eigenvalue weighted by atomic mass is 19.4. The molecule has 0 saturated carbocycles. The van der Waals surface area contributed by atoms with Crippen molar-refractivity contribution in [1.29, 1.82) is 0 Å². The predicted octanol–water partition coefficient (Wildman–Crippen LogP) is 2.95. The molecule has 0 atom stereocenters. The molecule has 0 aliphatic carbocycles. The third kappa shape index (κ3) is 15.2.